The molecule has 4 N–H and O–H groups in total. The number of tetrazole rings is 1. The molecule has 55 heavy (non-hydrogen) atoms. The fourth-order valence-corrected chi connectivity index (χ4v) is 5.99. The third kappa shape index (κ3) is 9.97. The normalized spacial score (nSPS) is 10.2. The van der Waals surface area contributed by atoms with Crippen LogP contribution in [0.4, 0.5) is 8.78 Å². The number of rotatable bonds is 9. The Balaban J connectivity index is 0.000000238. The molecule has 0 aliphatic rings. The number of hydrogen-bond donors (Lipinski definition) is 2. The molecule has 0 saturated carbocycles. The van der Waals surface area contributed by atoms with Gasteiger partial charge in [0.25, 0.3) is 0 Å². The van der Waals surface area contributed by atoms with E-state index in [1.165, 1.54) is 14.2 Å². The van der Waals surface area contributed by atoms with Gasteiger partial charge in [0.1, 0.15) is 40.6 Å². The van der Waals surface area contributed by atoms with Crippen molar-refractivity contribution in [3.8, 4) is 51.3 Å². The summed E-state index contributed by atoms with van der Waals surface area (Å²) in [5.74, 6) is 0.607. The summed E-state index contributed by atoms with van der Waals surface area (Å²) in [5.41, 5.74) is 5.73. The fraction of sp³-hybridized carbons (Fsp3) is 0.100. The van der Waals surface area contributed by atoms with Crippen molar-refractivity contribution in [1.29, 1.82) is 5.26 Å². The first-order valence-electron chi connectivity index (χ1n) is 16.0. The van der Waals surface area contributed by atoms with Gasteiger partial charge in [0.15, 0.2) is 0 Å². The zero-order chi connectivity index (χ0) is 37.3. The first kappa shape index (κ1) is 41.8. The monoisotopic (exact) mass is 800 g/mol. The Labute approximate surface area is 332 Å². The van der Waals surface area contributed by atoms with Crippen molar-refractivity contribution >= 4 is 35.6 Å². The van der Waals surface area contributed by atoms with Gasteiger partial charge in [0.05, 0.1) is 25.3 Å². The van der Waals surface area contributed by atoms with E-state index in [0.717, 1.165) is 11.1 Å². The number of aromatic nitrogens is 6. The fourth-order valence-electron chi connectivity index (χ4n) is 5.61. The summed E-state index contributed by atoms with van der Waals surface area (Å²) in [5, 5.41) is 23.6. The van der Waals surface area contributed by atoms with Gasteiger partial charge in [-0.05, 0) is 87.1 Å². The first-order valence-corrected chi connectivity index (χ1v) is 16.8. The van der Waals surface area contributed by atoms with Crippen molar-refractivity contribution in [2.75, 3.05) is 14.2 Å². The summed E-state index contributed by atoms with van der Waals surface area (Å²) in [6.45, 7) is 0. The van der Waals surface area contributed by atoms with Crippen LogP contribution in [0.5, 0.6) is 11.5 Å². The molecule has 0 spiro atoms. The summed E-state index contributed by atoms with van der Waals surface area (Å²) in [7, 11) is 3.02. The van der Waals surface area contributed by atoms with E-state index < -0.39 is 0 Å². The van der Waals surface area contributed by atoms with Gasteiger partial charge in [0, 0.05) is 35.3 Å². The van der Waals surface area contributed by atoms with E-state index in [4.69, 9.17) is 37.9 Å². The van der Waals surface area contributed by atoms with Crippen LogP contribution < -0.4 is 15.6 Å². The second-order valence-electron chi connectivity index (χ2n) is 11.6. The maximum atomic E-state index is 15.3. The van der Waals surface area contributed by atoms with E-state index in [0.29, 0.717) is 85.0 Å². The SMILES string of the molecule is COc1ccc(Cc2ccc(-c3nn[nH]n3)nc2)c(F)c1-c1cccc(Cl)c1.COc1ccc(Cc2ccc(C#N)nc2)c(F)c1-c1cccc(Cl)c1.Cl.N. The third-order valence-corrected chi connectivity index (χ3v) is 8.63. The molecule has 7 rings (SSSR count). The van der Waals surface area contributed by atoms with Gasteiger partial charge < -0.3 is 15.6 Å². The molecule has 0 radical (unpaired) electrons. The number of nitrogens with zero attached hydrogens (tertiary/aromatic N) is 6. The summed E-state index contributed by atoms with van der Waals surface area (Å²) < 4.78 is 41.2. The summed E-state index contributed by atoms with van der Waals surface area (Å²) in [6.07, 6.45) is 4.00. The second kappa shape index (κ2) is 19.4. The lowest BCUT2D eigenvalue weighted by molar-refractivity contribution is 0.413. The lowest BCUT2D eigenvalue weighted by Crippen LogP contribution is -1.99. The van der Waals surface area contributed by atoms with Crippen LogP contribution in [0.15, 0.2) is 109 Å². The average Bonchev–Trinajstić information content (AvgIpc) is 3.72. The van der Waals surface area contributed by atoms with Crippen molar-refractivity contribution in [2.24, 2.45) is 0 Å². The number of pyridine rings is 2. The maximum Gasteiger partial charge on any atom is 0.222 e. The van der Waals surface area contributed by atoms with Gasteiger partial charge in [0.2, 0.25) is 5.82 Å². The van der Waals surface area contributed by atoms with E-state index in [1.807, 2.05) is 12.1 Å². The van der Waals surface area contributed by atoms with Gasteiger partial charge in [-0.25, -0.2) is 13.8 Å². The number of hydrogen-bond acceptors (Lipinski definition) is 9. The van der Waals surface area contributed by atoms with E-state index in [-0.39, 0.29) is 30.2 Å². The highest BCUT2D eigenvalue weighted by Gasteiger charge is 2.18. The smallest absolute Gasteiger partial charge is 0.222 e. The Bertz CT molecular complexity index is 2390. The standard InChI is InChI=1S/C20H15ClFN5O.C20H14ClFN2O.ClH.H3N/c1-28-17-8-6-14(19(22)18(17)13-3-2-4-15(21)10-13)9-12-5-7-16(23-11-12)20-24-26-27-25-20;1-25-18-8-6-15(9-13-5-7-17(11-23)24-12-13)20(22)19(18)14-3-2-4-16(21)10-14;;/h2-8,10-11H,9H2,1H3,(H,24,25,26,27);2-8,10,12H,9H2,1H3;1H;1H3. The molecule has 15 heteroatoms. The molecule has 3 aromatic heterocycles. The van der Waals surface area contributed by atoms with Gasteiger partial charge in [-0.1, -0.05) is 71.7 Å². The Hall–Kier alpha value is -5.97. The van der Waals surface area contributed by atoms with Crippen LogP contribution in [0.1, 0.15) is 27.9 Å². The predicted octanol–water partition coefficient (Wildman–Crippen LogP) is 9.92. The molecule has 0 atom stereocenters. The van der Waals surface area contributed by atoms with E-state index >= 15 is 8.78 Å². The van der Waals surface area contributed by atoms with Gasteiger partial charge in [-0.15, -0.1) is 22.6 Å². The van der Waals surface area contributed by atoms with Crippen LogP contribution in [-0.4, -0.2) is 44.8 Å². The molecule has 280 valence electrons. The minimum absolute atomic E-state index is 0. The summed E-state index contributed by atoms with van der Waals surface area (Å²) in [4.78, 5) is 8.35. The molecule has 10 nitrogen and oxygen atoms in total. The van der Waals surface area contributed by atoms with Crippen LogP contribution in [-0.2, 0) is 12.8 Å². The Morgan fingerprint density at radius 3 is 1.64 bits per heavy atom. The molecule has 0 aliphatic carbocycles. The number of halogens is 5. The Morgan fingerprint density at radius 1 is 0.709 bits per heavy atom. The molecule has 0 saturated heterocycles. The highest BCUT2D eigenvalue weighted by atomic mass is 35.5. The lowest BCUT2D eigenvalue weighted by atomic mass is 9.97. The lowest BCUT2D eigenvalue weighted by Gasteiger charge is -2.14. The molecule has 3 heterocycles. The minimum atomic E-state index is -0.356. The van der Waals surface area contributed by atoms with Crippen molar-refractivity contribution in [3.05, 3.63) is 159 Å². The van der Waals surface area contributed by atoms with Crippen molar-refractivity contribution in [3.63, 3.8) is 0 Å². The van der Waals surface area contributed by atoms with Gasteiger partial charge in [-0.2, -0.15) is 10.5 Å². The minimum Gasteiger partial charge on any atom is -0.496 e. The van der Waals surface area contributed by atoms with E-state index in [9.17, 15) is 0 Å². The number of aromatic amines is 1. The van der Waals surface area contributed by atoms with E-state index in [2.05, 4.69) is 30.6 Å². The maximum absolute atomic E-state index is 15.3. The molecule has 0 aliphatic heterocycles. The second-order valence-corrected chi connectivity index (χ2v) is 12.4. The Kier molecular flexibility index (Phi) is 14.7. The van der Waals surface area contributed by atoms with Crippen LogP contribution in [0, 0.1) is 23.0 Å². The Morgan fingerprint density at radius 2 is 1.24 bits per heavy atom. The summed E-state index contributed by atoms with van der Waals surface area (Å²) in [6, 6.07) is 30.0. The number of benzene rings is 4. The van der Waals surface area contributed by atoms with Crippen molar-refractivity contribution in [1.82, 2.24) is 36.7 Å². The van der Waals surface area contributed by atoms with Crippen LogP contribution in [0.2, 0.25) is 10.0 Å². The number of methoxy groups -OCH3 is 2. The van der Waals surface area contributed by atoms with Crippen LogP contribution in [0.25, 0.3) is 33.8 Å². The van der Waals surface area contributed by atoms with E-state index in [1.54, 1.807) is 103 Å². The quantitative estimate of drug-likeness (QED) is 0.145. The average molecular weight is 802 g/mol. The largest absolute Gasteiger partial charge is 0.496 e. The highest BCUT2D eigenvalue weighted by molar-refractivity contribution is 6.31. The third-order valence-electron chi connectivity index (χ3n) is 8.16. The van der Waals surface area contributed by atoms with Crippen LogP contribution in [0.3, 0.4) is 0 Å². The highest BCUT2D eigenvalue weighted by Crippen LogP contribution is 2.37. The zero-order valence-electron chi connectivity index (χ0n) is 29.4. The molecule has 0 fully saturated rings. The molecule has 0 unspecified atom stereocenters. The number of ether oxygens (including phenoxy) is 2. The number of H-pyrrole nitrogens is 1. The number of nitrogens with one attached hydrogen (secondary N) is 1. The van der Waals surface area contributed by atoms with Gasteiger partial charge in [-0.3, -0.25) is 4.98 Å². The number of nitriles is 1. The predicted molar refractivity (Wildman–Crippen MR) is 211 cm³/mol. The molecule has 0 bridgehead atoms. The van der Waals surface area contributed by atoms with Crippen molar-refractivity contribution < 1.29 is 18.3 Å². The molecule has 7 aromatic rings. The van der Waals surface area contributed by atoms with Gasteiger partial charge >= 0.3 is 0 Å². The first-order chi connectivity index (χ1) is 25.8. The summed E-state index contributed by atoms with van der Waals surface area (Å²) >= 11 is 12.1. The molecule has 0 amide bonds. The molecular formula is C40H33Cl3F2N8O2. The van der Waals surface area contributed by atoms with Crippen molar-refractivity contribution in [2.45, 2.75) is 12.8 Å². The van der Waals surface area contributed by atoms with Crippen LogP contribution >= 0.6 is 35.6 Å². The zero-order valence-corrected chi connectivity index (χ0v) is 31.8. The molecular weight excluding hydrogens is 769 g/mol. The molecule has 4 aromatic carbocycles. The topological polar surface area (TPSA) is 157 Å².